The van der Waals surface area contributed by atoms with Gasteiger partial charge in [-0.2, -0.15) is 0 Å². The van der Waals surface area contributed by atoms with Crippen molar-refractivity contribution < 1.29 is 4.79 Å². The molecule has 0 aromatic carbocycles. The molecule has 0 bridgehead atoms. The van der Waals surface area contributed by atoms with Crippen molar-refractivity contribution in [2.75, 3.05) is 13.1 Å². The number of nitrogens with zero attached hydrogens (tertiary/aromatic N) is 2. The molecule has 1 atom stereocenters. The van der Waals surface area contributed by atoms with Crippen molar-refractivity contribution in [3.05, 3.63) is 0 Å². The SMILES string of the molecule is CC1CC(=O)N=C(N2CCCCC2)[Se]1. The molecule has 0 spiro atoms. The third-order valence-electron chi connectivity index (χ3n) is 2.62. The van der Waals surface area contributed by atoms with Crippen LogP contribution in [0, 0.1) is 0 Å². The van der Waals surface area contributed by atoms with E-state index in [-0.39, 0.29) is 5.91 Å². The first-order valence-corrected chi connectivity index (χ1v) is 7.13. The number of likely N-dealkylation sites (tertiary alicyclic amines) is 1. The number of rotatable bonds is 0. The Hall–Kier alpha value is -0.341. The van der Waals surface area contributed by atoms with Gasteiger partial charge in [0.1, 0.15) is 0 Å². The Labute approximate surface area is 91.1 Å². The molecule has 1 fully saturated rings. The zero-order chi connectivity index (χ0) is 9.97. The zero-order valence-electron chi connectivity index (χ0n) is 8.53. The van der Waals surface area contributed by atoms with Gasteiger partial charge >= 0.3 is 90.8 Å². The van der Waals surface area contributed by atoms with Gasteiger partial charge in [0.2, 0.25) is 0 Å². The maximum atomic E-state index is 11.3. The summed E-state index contributed by atoms with van der Waals surface area (Å²) >= 11 is 0.422. The summed E-state index contributed by atoms with van der Waals surface area (Å²) in [6, 6.07) is 0. The van der Waals surface area contributed by atoms with E-state index in [2.05, 4.69) is 16.8 Å². The summed E-state index contributed by atoms with van der Waals surface area (Å²) < 4.78 is 1.11. The van der Waals surface area contributed by atoms with Gasteiger partial charge < -0.3 is 0 Å². The molecule has 2 aliphatic heterocycles. The van der Waals surface area contributed by atoms with Gasteiger partial charge in [0.05, 0.1) is 0 Å². The van der Waals surface area contributed by atoms with Gasteiger partial charge in [-0.15, -0.1) is 0 Å². The number of carbonyl (C=O) groups is 1. The fourth-order valence-corrected chi connectivity index (χ4v) is 4.13. The van der Waals surface area contributed by atoms with Crippen molar-refractivity contribution in [2.45, 2.75) is 37.4 Å². The fourth-order valence-electron chi connectivity index (χ4n) is 1.88. The third kappa shape index (κ3) is 2.37. The molecule has 0 aromatic heterocycles. The standard InChI is InChI=1S/C10H16N2OSe/c1-8-7-9(13)11-10(14-8)12-5-3-2-4-6-12/h8H,2-7H2,1H3. The molecule has 4 heteroatoms. The first kappa shape index (κ1) is 10.2. The number of amides is 1. The van der Waals surface area contributed by atoms with E-state index >= 15 is 0 Å². The van der Waals surface area contributed by atoms with Crippen LogP contribution in [0.15, 0.2) is 4.99 Å². The minimum atomic E-state index is 0.0891. The topological polar surface area (TPSA) is 32.7 Å². The van der Waals surface area contributed by atoms with E-state index in [9.17, 15) is 4.79 Å². The molecule has 3 nitrogen and oxygen atoms in total. The molecule has 2 rings (SSSR count). The summed E-state index contributed by atoms with van der Waals surface area (Å²) in [5.41, 5.74) is 0. The Morgan fingerprint density at radius 3 is 2.71 bits per heavy atom. The van der Waals surface area contributed by atoms with Crippen LogP contribution in [-0.4, -0.2) is 43.6 Å². The maximum absolute atomic E-state index is 11.3. The van der Waals surface area contributed by atoms with Crippen molar-refractivity contribution in [1.29, 1.82) is 0 Å². The number of amidine groups is 1. The molecule has 1 unspecified atom stereocenters. The predicted molar refractivity (Wildman–Crippen MR) is 57.7 cm³/mol. The van der Waals surface area contributed by atoms with Crippen LogP contribution in [0.25, 0.3) is 0 Å². The molecule has 0 aromatic rings. The summed E-state index contributed by atoms with van der Waals surface area (Å²) in [5, 5.41) is 0. The van der Waals surface area contributed by atoms with Crippen LogP contribution in [-0.2, 0) is 4.79 Å². The average molecular weight is 259 g/mol. The molecule has 0 aliphatic carbocycles. The van der Waals surface area contributed by atoms with Gasteiger partial charge in [-0.05, 0) is 0 Å². The number of aliphatic imine (C=N–C) groups is 1. The normalized spacial score (nSPS) is 28.9. The van der Waals surface area contributed by atoms with Crippen molar-refractivity contribution >= 4 is 25.6 Å². The van der Waals surface area contributed by atoms with Gasteiger partial charge in [-0.25, -0.2) is 0 Å². The second kappa shape index (κ2) is 4.45. The number of piperidine rings is 1. The van der Waals surface area contributed by atoms with Gasteiger partial charge in [-0.3, -0.25) is 0 Å². The molecule has 14 heavy (non-hydrogen) atoms. The molecule has 0 radical (unpaired) electrons. The van der Waals surface area contributed by atoms with Crippen LogP contribution in [0.1, 0.15) is 32.6 Å². The summed E-state index contributed by atoms with van der Waals surface area (Å²) in [7, 11) is 0. The Kier molecular flexibility index (Phi) is 3.24. The van der Waals surface area contributed by atoms with Crippen molar-refractivity contribution in [2.24, 2.45) is 4.99 Å². The van der Waals surface area contributed by atoms with Crippen LogP contribution in [0.3, 0.4) is 0 Å². The first-order valence-electron chi connectivity index (χ1n) is 5.29. The van der Waals surface area contributed by atoms with Crippen LogP contribution < -0.4 is 0 Å². The zero-order valence-corrected chi connectivity index (χ0v) is 10.2. The molecule has 78 valence electrons. The van der Waals surface area contributed by atoms with E-state index in [1.165, 1.54) is 19.3 Å². The van der Waals surface area contributed by atoms with Crippen LogP contribution in [0.2, 0.25) is 4.82 Å². The number of hydrogen-bond acceptors (Lipinski definition) is 2. The van der Waals surface area contributed by atoms with Crippen LogP contribution >= 0.6 is 0 Å². The van der Waals surface area contributed by atoms with E-state index in [1.54, 1.807) is 0 Å². The Morgan fingerprint density at radius 2 is 2.07 bits per heavy atom. The molecule has 1 amide bonds. The van der Waals surface area contributed by atoms with E-state index in [1.807, 2.05) is 0 Å². The molecular formula is C10H16N2OSe. The summed E-state index contributed by atoms with van der Waals surface area (Å²) in [6.45, 7) is 4.39. The first-order chi connectivity index (χ1) is 6.75. The third-order valence-corrected chi connectivity index (χ3v) is 4.99. The summed E-state index contributed by atoms with van der Waals surface area (Å²) in [6.07, 6.45) is 4.52. The van der Waals surface area contributed by atoms with Crippen molar-refractivity contribution in [1.82, 2.24) is 4.90 Å². The molecular weight excluding hydrogens is 243 g/mol. The molecule has 0 saturated carbocycles. The molecule has 0 N–H and O–H groups in total. The Bertz CT molecular complexity index is 259. The van der Waals surface area contributed by atoms with Gasteiger partial charge in [0, 0.05) is 0 Å². The van der Waals surface area contributed by atoms with Gasteiger partial charge in [-0.1, -0.05) is 0 Å². The predicted octanol–water partition coefficient (Wildman–Crippen LogP) is 1.27. The number of carbonyl (C=O) groups excluding carboxylic acids is 1. The van der Waals surface area contributed by atoms with E-state index < -0.39 is 0 Å². The fraction of sp³-hybridized carbons (Fsp3) is 0.800. The second-order valence-electron chi connectivity index (χ2n) is 3.97. The van der Waals surface area contributed by atoms with Gasteiger partial charge in [0.25, 0.3) is 0 Å². The molecule has 2 heterocycles. The quantitative estimate of drug-likeness (QED) is 0.614. The van der Waals surface area contributed by atoms with Crippen LogP contribution in [0.5, 0.6) is 0 Å². The molecule has 2 aliphatic rings. The van der Waals surface area contributed by atoms with Crippen LogP contribution in [0.4, 0.5) is 0 Å². The average Bonchev–Trinajstić information content (AvgIpc) is 2.18. The van der Waals surface area contributed by atoms with E-state index in [0.717, 1.165) is 17.8 Å². The van der Waals surface area contributed by atoms with E-state index in [0.29, 0.717) is 26.2 Å². The van der Waals surface area contributed by atoms with E-state index in [4.69, 9.17) is 0 Å². The number of hydrogen-bond donors (Lipinski definition) is 0. The summed E-state index contributed by atoms with van der Waals surface area (Å²) in [5.74, 6) is 0.0891. The monoisotopic (exact) mass is 260 g/mol. The van der Waals surface area contributed by atoms with Crippen molar-refractivity contribution in [3.8, 4) is 0 Å². The Balaban J connectivity index is 2.04. The van der Waals surface area contributed by atoms with Gasteiger partial charge in [0.15, 0.2) is 0 Å². The second-order valence-corrected chi connectivity index (χ2v) is 6.92. The molecule has 1 saturated heterocycles. The summed E-state index contributed by atoms with van der Waals surface area (Å²) in [4.78, 5) is 18.4. The minimum absolute atomic E-state index is 0.0891. The Morgan fingerprint density at radius 1 is 1.36 bits per heavy atom. The van der Waals surface area contributed by atoms with Crippen molar-refractivity contribution in [3.63, 3.8) is 0 Å².